The number of nitrogens with zero attached hydrogens (tertiary/aromatic N) is 1. The number of para-hydroxylation sites is 1. The van der Waals surface area contributed by atoms with Gasteiger partial charge in [0.15, 0.2) is 12.0 Å². The molecule has 3 aromatic rings. The number of hydrogen-bond donors (Lipinski definition) is 5. The summed E-state index contributed by atoms with van der Waals surface area (Å²) < 4.78 is 12.2. The lowest BCUT2D eigenvalue weighted by Crippen LogP contribution is -2.49. The van der Waals surface area contributed by atoms with Crippen molar-refractivity contribution in [2.24, 2.45) is 17.6 Å². The molecule has 0 spiro atoms. The third-order valence-electron chi connectivity index (χ3n) is 9.01. The highest BCUT2D eigenvalue weighted by Crippen LogP contribution is 2.56. The van der Waals surface area contributed by atoms with Crippen LogP contribution in [0.1, 0.15) is 81.2 Å². The van der Waals surface area contributed by atoms with Gasteiger partial charge in [0.2, 0.25) is 17.7 Å². The molecule has 0 saturated carbocycles. The number of oxazole rings is 1. The van der Waals surface area contributed by atoms with Gasteiger partial charge in [0.25, 0.3) is 0 Å². The predicted molar refractivity (Wildman–Crippen MR) is 166 cm³/mol. The Morgan fingerprint density at radius 3 is 2.53 bits per heavy atom. The number of hydrogen-bond acceptors (Lipinski definition) is 9. The number of aryl methyl sites for hydroxylation is 1. The van der Waals surface area contributed by atoms with Gasteiger partial charge in [-0.05, 0) is 54.4 Å². The van der Waals surface area contributed by atoms with E-state index in [1.807, 2.05) is 49.4 Å². The summed E-state index contributed by atoms with van der Waals surface area (Å²) in [5.74, 6) is -1.83. The van der Waals surface area contributed by atoms with Crippen LogP contribution < -0.4 is 21.1 Å². The molecule has 3 heterocycles. The van der Waals surface area contributed by atoms with E-state index in [0.29, 0.717) is 23.4 Å². The summed E-state index contributed by atoms with van der Waals surface area (Å²) in [6, 6.07) is 12.3. The van der Waals surface area contributed by atoms with Gasteiger partial charge in [-0.1, -0.05) is 64.4 Å². The molecule has 240 valence electrons. The molecule has 6 N–H and O–H groups in total. The van der Waals surface area contributed by atoms with Crippen molar-refractivity contribution in [1.29, 1.82) is 0 Å². The monoisotopic (exact) mass is 618 g/mol. The SMILES string of the molecule is CCCC(C)C(C(=O)C12c3ccccc3NC1Oc1ccc(CCC(NC(=O)C(O)C(C)C)C(N)=O)cc12)c1nc(CO)co1. The summed E-state index contributed by atoms with van der Waals surface area (Å²) in [5, 5.41) is 25.8. The number of nitrogens with one attached hydrogen (secondary N) is 2. The number of anilines is 1. The number of nitrogens with two attached hydrogens (primary N) is 1. The molecule has 0 radical (unpaired) electrons. The van der Waals surface area contributed by atoms with Gasteiger partial charge in [-0.2, -0.15) is 0 Å². The maximum Gasteiger partial charge on any atom is 0.249 e. The zero-order valence-electron chi connectivity index (χ0n) is 26.1. The number of aromatic nitrogens is 1. The lowest BCUT2D eigenvalue weighted by atomic mass is 9.66. The zero-order chi connectivity index (χ0) is 32.5. The molecule has 2 aromatic carbocycles. The fraction of sp³-hybridized carbons (Fsp3) is 0.471. The van der Waals surface area contributed by atoms with Crippen molar-refractivity contribution >= 4 is 23.3 Å². The zero-order valence-corrected chi connectivity index (χ0v) is 26.1. The van der Waals surface area contributed by atoms with Gasteiger partial charge in [-0.15, -0.1) is 0 Å². The second-order valence-electron chi connectivity index (χ2n) is 12.5. The fourth-order valence-corrected chi connectivity index (χ4v) is 6.59. The number of rotatable bonds is 14. The minimum absolute atomic E-state index is 0.121. The highest BCUT2D eigenvalue weighted by molar-refractivity contribution is 6.03. The van der Waals surface area contributed by atoms with Crippen molar-refractivity contribution in [2.75, 3.05) is 5.32 Å². The van der Waals surface area contributed by atoms with Crippen LogP contribution in [0, 0.1) is 11.8 Å². The van der Waals surface area contributed by atoms with E-state index in [1.165, 1.54) is 6.26 Å². The molecular formula is C34H42N4O7. The van der Waals surface area contributed by atoms with Crippen LogP contribution >= 0.6 is 0 Å². The third-order valence-corrected chi connectivity index (χ3v) is 9.01. The van der Waals surface area contributed by atoms with Crippen molar-refractivity contribution in [2.45, 2.75) is 89.7 Å². The van der Waals surface area contributed by atoms with E-state index in [-0.39, 0.29) is 36.5 Å². The minimum Gasteiger partial charge on any atom is -0.469 e. The first-order chi connectivity index (χ1) is 21.5. The van der Waals surface area contributed by atoms with Crippen molar-refractivity contribution in [3.8, 4) is 5.75 Å². The molecule has 6 atom stereocenters. The fourth-order valence-electron chi connectivity index (χ4n) is 6.59. The van der Waals surface area contributed by atoms with Gasteiger partial charge in [0, 0.05) is 11.3 Å². The first-order valence-corrected chi connectivity index (χ1v) is 15.6. The maximum absolute atomic E-state index is 15.2. The molecule has 5 rings (SSSR count). The molecule has 0 fully saturated rings. The Balaban J connectivity index is 1.54. The Kier molecular flexibility index (Phi) is 9.31. The molecule has 1 aromatic heterocycles. The number of benzene rings is 2. The molecule has 2 aliphatic rings. The Labute approximate surface area is 262 Å². The number of primary amides is 1. The lowest BCUT2D eigenvalue weighted by Gasteiger charge is -2.32. The van der Waals surface area contributed by atoms with Gasteiger partial charge in [0.05, 0.1) is 12.5 Å². The van der Waals surface area contributed by atoms with Crippen LogP contribution in [0.25, 0.3) is 0 Å². The van der Waals surface area contributed by atoms with Crippen molar-refractivity contribution in [3.05, 3.63) is 77.0 Å². The standard InChI is InChI=1S/C34H42N4O7/c1-5-8-19(4)27(32-36-21(16-39)17-44-32)29(41)34-22-9-6-7-10-24(22)38-33(34)45-26-14-12-20(15-23(26)34)11-13-25(30(35)42)37-31(43)28(40)18(2)3/h6-7,9-10,12,14-15,17-19,25,27-28,33,38-40H,5,8,11,13,16H2,1-4H3,(H2,35,42)(H,37,43). The average molecular weight is 619 g/mol. The van der Waals surface area contributed by atoms with E-state index < -0.39 is 41.5 Å². The Morgan fingerprint density at radius 1 is 1.11 bits per heavy atom. The van der Waals surface area contributed by atoms with E-state index in [4.69, 9.17) is 14.9 Å². The molecule has 2 aliphatic heterocycles. The molecule has 0 aliphatic carbocycles. The number of Topliss-reactive ketones (excluding diaryl/α,β-unsaturated/α-hetero) is 1. The number of fused-ring (bicyclic) bond motifs is 5. The van der Waals surface area contributed by atoms with Crippen LogP contribution in [0.4, 0.5) is 5.69 Å². The average Bonchev–Trinajstić information content (AvgIpc) is 3.70. The van der Waals surface area contributed by atoms with Gasteiger partial charge in [0.1, 0.15) is 35.3 Å². The van der Waals surface area contributed by atoms with Crippen LogP contribution in [-0.4, -0.2) is 51.2 Å². The van der Waals surface area contributed by atoms with Gasteiger partial charge in [-0.25, -0.2) is 4.98 Å². The summed E-state index contributed by atoms with van der Waals surface area (Å²) >= 11 is 0. The number of carbonyl (C=O) groups is 3. The Morgan fingerprint density at radius 2 is 1.87 bits per heavy atom. The quantitative estimate of drug-likeness (QED) is 0.181. The van der Waals surface area contributed by atoms with E-state index in [2.05, 4.69) is 22.5 Å². The van der Waals surface area contributed by atoms with Crippen LogP contribution in [0.5, 0.6) is 5.75 Å². The van der Waals surface area contributed by atoms with Crippen LogP contribution in [0.2, 0.25) is 0 Å². The van der Waals surface area contributed by atoms with Crippen molar-refractivity contribution in [1.82, 2.24) is 10.3 Å². The second-order valence-corrected chi connectivity index (χ2v) is 12.5. The molecule has 45 heavy (non-hydrogen) atoms. The summed E-state index contributed by atoms with van der Waals surface area (Å²) in [7, 11) is 0. The van der Waals surface area contributed by atoms with Crippen molar-refractivity contribution in [3.63, 3.8) is 0 Å². The third kappa shape index (κ3) is 5.82. The number of aliphatic hydroxyl groups excluding tert-OH is 2. The lowest BCUT2D eigenvalue weighted by molar-refractivity contribution is -0.135. The summed E-state index contributed by atoms with van der Waals surface area (Å²) in [5.41, 5.74) is 7.81. The normalized spacial score (nSPS) is 20.6. The number of carbonyl (C=O) groups excluding carboxylic acids is 3. The molecule has 11 nitrogen and oxygen atoms in total. The van der Waals surface area contributed by atoms with E-state index in [1.54, 1.807) is 13.8 Å². The summed E-state index contributed by atoms with van der Waals surface area (Å²) in [6.07, 6.45) is 1.57. The largest absolute Gasteiger partial charge is 0.469 e. The van der Waals surface area contributed by atoms with Gasteiger partial charge >= 0.3 is 0 Å². The summed E-state index contributed by atoms with van der Waals surface area (Å²) in [6.45, 7) is 7.18. The highest BCUT2D eigenvalue weighted by Gasteiger charge is 2.62. The minimum atomic E-state index is -1.26. The first-order valence-electron chi connectivity index (χ1n) is 15.6. The predicted octanol–water partition coefficient (Wildman–Crippen LogP) is 3.31. The van der Waals surface area contributed by atoms with E-state index in [0.717, 1.165) is 29.7 Å². The van der Waals surface area contributed by atoms with Crippen molar-refractivity contribution < 1.29 is 33.8 Å². The number of ether oxygens (including phenoxy) is 1. The highest BCUT2D eigenvalue weighted by atomic mass is 16.5. The number of amides is 2. The van der Waals surface area contributed by atoms with Crippen LogP contribution in [-0.2, 0) is 32.8 Å². The number of ketones is 1. The second kappa shape index (κ2) is 13.0. The maximum atomic E-state index is 15.2. The smallest absolute Gasteiger partial charge is 0.249 e. The molecular weight excluding hydrogens is 576 g/mol. The van der Waals surface area contributed by atoms with Gasteiger partial charge in [-0.3, -0.25) is 14.4 Å². The molecule has 0 saturated heterocycles. The molecule has 2 amide bonds. The summed E-state index contributed by atoms with van der Waals surface area (Å²) in [4.78, 5) is 44.4. The topological polar surface area (TPSA) is 177 Å². The van der Waals surface area contributed by atoms with Crippen LogP contribution in [0.15, 0.2) is 53.1 Å². The Hall–Kier alpha value is -4.22. The molecule has 6 unspecified atom stereocenters. The van der Waals surface area contributed by atoms with E-state index in [9.17, 15) is 19.8 Å². The van der Waals surface area contributed by atoms with E-state index >= 15 is 4.79 Å². The number of aliphatic hydroxyl groups is 2. The molecule has 0 bridgehead atoms. The Bertz CT molecular complexity index is 1570. The van der Waals surface area contributed by atoms with Gasteiger partial charge < -0.3 is 35.7 Å². The first kappa shape index (κ1) is 32.2. The molecule has 11 heteroatoms. The van der Waals surface area contributed by atoms with Crippen LogP contribution in [0.3, 0.4) is 0 Å².